The molecule has 0 radical (unpaired) electrons. The molecule has 0 amide bonds. The summed E-state index contributed by atoms with van der Waals surface area (Å²) in [7, 11) is 0. The molecule has 0 unspecified atom stereocenters. The summed E-state index contributed by atoms with van der Waals surface area (Å²) in [4.78, 5) is 0. The van der Waals surface area contributed by atoms with Crippen LogP contribution in [-0.2, 0) is 0 Å². The summed E-state index contributed by atoms with van der Waals surface area (Å²) in [6.07, 6.45) is 14.5. The van der Waals surface area contributed by atoms with Crippen LogP contribution in [0.3, 0.4) is 0 Å². The minimum Gasteiger partial charge on any atom is -0.507 e. The lowest BCUT2D eigenvalue weighted by Gasteiger charge is -2.10. The first-order valence-electron chi connectivity index (χ1n) is 4.02. The van der Waals surface area contributed by atoms with Crippen LogP contribution in [0.2, 0.25) is 0 Å². The molecule has 0 bridgehead atoms. The van der Waals surface area contributed by atoms with Crippen LogP contribution in [-0.4, -0.2) is 5.11 Å². The molecule has 0 heterocycles. The zero-order valence-corrected chi connectivity index (χ0v) is 6.70. The Hall–Kier alpha value is -1.50. The highest BCUT2D eigenvalue weighted by Gasteiger charge is 2.10. The Bertz CT molecular complexity index is 338. The van der Waals surface area contributed by atoms with Gasteiger partial charge in [-0.05, 0) is 18.1 Å². The van der Waals surface area contributed by atoms with E-state index in [-0.39, 0.29) is 0 Å². The fourth-order valence-electron chi connectivity index (χ4n) is 1.39. The molecule has 0 saturated heterocycles. The van der Waals surface area contributed by atoms with Crippen LogP contribution in [0.1, 0.15) is 6.42 Å². The molecule has 2 aliphatic carbocycles. The van der Waals surface area contributed by atoms with Crippen LogP contribution in [0, 0.1) is 0 Å². The normalized spacial score (nSPS) is 20.5. The van der Waals surface area contributed by atoms with Crippen molar-refractivity contribution in [2.24, 2.45) is 0 Å². The smallest absolute Gasteiger partial charge is 0.123 e. The third-order valence-electron chi connectivity index (χ3n) is 2.02. The average Bonchev–Trinajstić information content (AvgIpc) is 2.29. The highest BCUT2D eigenvalue weighted by atomic mass is 16.3. The third-order valence-corrected chi connectivity index (χ3v) is 2.02. The lowest BCUT2D eigenvalue weighted by atomic mass is 9.97. The Kier molecular flexibility index (Phi) is 1.71. The zero-order valence-electron chi connectivity index (χ0n) is 6.70. The molecule has 1 N–H and O–H groups in total. The second-order valence-electron chi connectivity index (χ2n) is 2.84. The first-order chi connectivity index (χ1) is 5.88. The largest absolute Gasteiger partial charge is 0.507 e. The van der Waals surface area contributed by atoms with Gasteiger partial charge < -0.3 is 5.11 Å². The van der Waals surface area contributed by atoms with Gasteiger partial charge in [0.15, 0.2) is 0 Å². The first kappa shape index (κ1) is 7.17. The first-order valence-corrected chi connectivity index (χ1v) is 4.02. The molecule has 0 atom stereocenters. The number of hydrogen-bond donors (Lipinski definition) is 1. The fraction of sp³-hybridized carbons (Fsp3) is 0.0909. The van der Waals surface area contributed by atoms with Gasteiger partial charge in [-0.15, -0.1) is 0 Å². The third kappa shape index (κ3) is 1.14. The van der Waals surface area contributed by atoms with Gasteiger partial charge in [0.25, 0.3) is 0 Å². The minimum atomic E-state index is 0.361. The summed E-state index contributed by atoms with van der Waals surface area (Å²) in [5.41, 5.74) is 2.13. The molecule has 0 aromatic rings. The Balaban J connectivity index is 2.50. The van der Waals surface area contributed by atoms with Gasteiger partial charge in [0.1, 0.15) is 5.76 Å². The Morgan fingerprint density at radius 1 is 1.00 bits per heavy atom. The van der Waals surface area contributed by atoms with E-state index in [1.165, 1.54) is 5.57 Å². The van der Waals surface area contributed by atoms with E-state index in [1.807, 2.05) is 30.4 Å². The van der Waals surface area contributed by atoms with E-state index in [4.69, 9.17) is 0 Å². The van der Waals surface area contributed by atoms with Crippen molar-refractivity contribution in [1.29, 1.82) is 0 Å². The molecule has 0 spiro atoms. The second kappa shape index (κ2) is 2.86. The lowest BCUT2D eigenvalue weighted by molar-refractivity contribution is 0.425. The molecule has 2 rings (SSSR count). The van der Waals surface area contributed by atoms with Crippen molar-refractivity contribution < 1.29 is 5.11 Å². The van der Waals surface area contributed by atoms with Crippen molar-refractivity contribution >= 4 is 0 Å². The van der Waals surface area contributed by atoms with Gasteiger partial charge in [0.2, 0.25) is 0 Å². The average molecular weight is 158 g/mol. The van der Waals surface area contributed by atoms with Gasteiger partial charge >= 0.3 is 0 Å². The van der Waals surface area contributed by atoms with Crippen LogP contribution >= 0.6 is 0 Å². The minimum absolute atomic E-state index is 0.361. The Morgan fingerprint density at radius 2 is 1.83 bits per heavy atom. The van der Waals surface area contributed by atoms with E-state index < -0.39 is 0 Å². The predicted molar refractivity (Wildman–Crippen MR) is 49.8 cm³/mol. The van der Waals surface area contributed by atoms with Gasteiger partial charge in [-0.3, -0.25) is 0 Å². The van der Waals surface area contributed by atoms with Crippen molar-refractivity contribution in [3.8, 4) is 0 Å². The van der Waals surface area contributed by atoms with E-state index in [0.717, 1.165) is 12.0 Å². The van der Waals surface area contributed by atoms with E-state index in [0.29, 0.717) is 5.76 Å². The van der Waals surface area contributed by atoms with E-state index >= 15 is 0 Å². The topological polar surface area (TPSA) is 20.2 Å². The van der Waals surface area contributed by atoms with E-state index in [1.54, 1.807) is 6.08 Å². The van der Waals surface area contributed by atoms with Gasteiger partial charge in [-0.2, -0.15) is 0 Å². The van der Waals surface area contributed by atoms with Gasteiger partial charge in [0, 0.05) is 5.57 Å². The number of fused-ring (bicyclic) bond motifs is 1. The van der Waals surface area contributed by atoms with Crippen molar-refractivity contribution in [2.45, 2.75) is 6.42 Å². The molecule has 0 saturated carbocycles. The van der Waals surface area contributed by atoms with Crippen molar-refractivity contribution in [3.63, 3.8) is 0 Å². The number of hydrogen-bond acceptors (Lipinski definition) is 1. The molecule has 1 heteroatoms. The standard InChI is InChI=1S/C11H10O/c12-11-8-4-2-6-9-5-1-3-7-10(9)11/h1-4,6-8,12H,5H2. The zero-order chi connectivity index (χ0) is 8.39. The summed E-state index contributed by atoms with van der Waals surface area (Å²) in [6.45, 7) is 0. The second-order valence-corrected chi connectivity index (χ2v) is 2.84. The highest BCUT2D eigenvalue weighted by molar-refractivity contribution is 5.52. The summed E-state index contributed by atoms with van der Waals surface area (Å²) in [6, 6.07) is 0. The number of rotatable bonds is 0. The molecular formula is C11H10O. The van der Waals surface area contributed by atoms with Crippen molar-refractivity contribution in [3.05, 3.63) is 59.4 Å². The van der Waals surface area contributed by atoms with Crippen LogP contribution < -0.4 is 0 Å². The molecule has 0 aromatic carbocycles. The molecular weight excluding hydrogens is 148 g/mol. The summed E-state index contributed by atoms with van der Waals surface area (Å²) in [5, 5.41) is 9.55. The monoisotopic (exact) mass is 158 g/mol. The number of aliphatic hydroxyl groups is 1. The number of allylic oxidation sites excluding steroid dienone is 8. The molecule has 12 heavy (non-hydrogen) atoms. The molecule has 60 valence electrons. The fourth-order valence-corrected chi connectivity index (χ4v) is 1.39. The summed E-state index contributed by atoms with van der Waals surface area (Å²) < 4.78 is 0. The maximum atomic E-state index is 9.55. The molecule has 1 nitrogen and oxygen atoms in total. The van der Waals surface area contributed by atoms with Crippen LogP contribution in [0.4, 0.5) is 0 Å². The molecule has 0 aliphatic heterocycles. The Morgan fingerprint density at radius 3 is 2.75 bits per heavy atom. The quantitative estimate of drug-likeness (QED) is 0.574. The van der Waals surface area contributed by atoms with Crippen molar-refractivity contribution in [1.82, 2.24) is 0 Å². The van der Waals surface area contributed by atoms with Gasteiger partial charge in [-0.25, -0.2) is 0 Å². The highest BCUT2D eigenvalue weighted by Crippen LogP contribution is 2.26. The van der Waals surface area contributed by atoms with Crippen LogP contribution in [0.15, 0.2) is 59.4 Å². The number of aliphatic hydroxyl groups excluding tert-OH is 1. The maximum absolute atomic E-state index is 9.55. The SMILES string of the molecule is OC1=CC=CC=C2CC=CC=C12. The van der Waals surface area contributed by atoms with Gasteiger partial charge in [-0.1, -0.05) is 36.5 Å². The van der Waals surface area contributed by atoms with Crippen LogP contribution in [0.5, 0.6) is 0 Å². The van der Waals surface area contributed by atoms with Crippen LogP contribution in [0.25, 0.3) is 0 Å². The predicted octanol–water partition coefficient (Wildman–Crippen LogP) is 2.81. The van der Waals surface area contributed by atoms with E-state index in [2.05, 4.69) is 6.08 Å². The molecule has 2 aliphatic rings. The summed E-state index contributed by atoms with van der Waals surface area (Å²) >= 11 is 0. The molecule has 0 fully saturated rings. The molecule has 0 aromatic heterocycles. The maximum Gasteiger partial charge on any atom is 0.123 e. The summed E-state index contributed by atoms with van der Waals surface area (Å²) in [5.74, 6) is 0.361. The lowest BCUT2D eigenvalue weighted by Crippen LogP contribution is -1.95. The Labute approximate surface area is 71.7 Å². The van der Waals surface area contributed by atoms with Crippen molar-refractivity contribution in [2.75, 3.05) is 0 Å². The van der Waals surface area contributed by atoms with Gasteiger partial charge in [0.05, 0.1) is 0 Å². The van der Waals surface area contributed by atoms with E-state index in [9.17, 15) is 5.11 Å².